The molecule has 9 heteroatoms. The Bertz CT molecular complexity index is 1410. The molecule has 0 saturated heterocycles. The second kappa shape index (κ2) is 7.55. The molecule has 31 heavy (non-hydrogen) atoms. The maximum absolute atomic E-state index is 14.5. The van der Waals surface area contributed by atoms with E-state index in [2.05, 4.69) is 30.2 Å². The van der Waals surface area contributed by atoms with E-state index in [1.807, 2.05) is 13.0 Å². The van der Waals surface area contributed by atoms with Crippen LogP contribution in [0.2, 0.25) is 5.02 Å². The fourth-order valence-electron chi connectivity index (χ4n) is 3.59. The van der Waals surface area contributed by atoms with Gasteiger partial charge in [0.1, 0.15) is 29.0 Å². The van der Waals surface area contributed by atoms with E-state index in [0.29, 0.717) is 33.6 Å². The molecular weight excluding hydrogens is 422 g/mol. The molecule has 2 aromatic carbocycles. The van der Waals surface area contributed by atoms with Crippen molar-refractivity contribution in [1.29, 1.82) is 0 Å². The van der Waals surface area contributed by atoms with Crippen molar-refractivity contribution in [2.45, 2.75) is 13.0 Å². The van der Waals surface area contributed by atoms with E-state index < -0.39 is 11.6 Å². The number of anilines is 1. The Kier molecular flexibility index (Phi) is 4.71. The van der Waals surface area contributed by atoms with Gasteiger partial charge < -0.3 is 10.3 Å². The van der Waals surface area contributed by atoms with Crippen molar-refractivity contribution in [1.82, 2.24) is 24.9 Å². The minimum atomic E-state index is -0.500. The fourth-order valence-corrected chi connectivity index (χ4v) is 3.81. The molecule has 6 nitrogen and oxygen atoms in total. The van der Waals surface area contributed by atoms with E-state index in [-0.39, 0.29) is 16.6 Å². The average molecular weight is 437 g/mol. The van der Waals surface area contributed by atoms with Crippen LogP contribution in [0.1, 0.15) is 18.5 Å². The summed E-state index contributed by atoms with van der Waals surface area (Å²) in [6.07, 6.45) is 2.95. The van der Waals surface area contributed by atoms with Crippen molar-refractivity contribution >= 4 is 39.5 Å². The van der Waals surface area contributed by atoms with Gasteiger partial charge >= 0.3 is 0 Å². The maximum Gasteiger partial charge on any atom is 0.182 e. The molecule has 5 aromatic rings. The highest BCUT2D eigenvalue weighted by Crippen LogP contribution is 2.34. The summed E-state index contributed by atoms with van der Waals surface area (Å²) in [5.41, 5.74) is 2.99. The van der Waals surface area contributed by atoms with Gasteiger partial charge in [0.25, 0.3) is 0 Å². The molecule has 0 bridgehead atoms. The van der Waals surface area contributed by atoms with Gasteiger partial charge in [-0.2, -0.15) is 0 Å². The van der Waals surface area contributed by atoms with Gasteiger partial charge in [0, 0.05) is 21.5 Å². The lowest BCUT2D eigenvalue weighted by atomic mass is 9.98. The van der Waals surface area contributed by atoms with Crippen molar-refractivity contribution in [3.63, 3.8) is 0 Å². The first-order valence-electron chi connectivity index (χ1n) is 9.46. The number of aromatic amines is 1. The number of nitrogens with one attached hydrogen (secondary N) is 2. The first kappa shape index (κ1) is 19.3. The SMILES string of the molecule is CC(Nc1ncnc2nc[nH]c12)c1cc2cccc(F)c2nc1-c1cc(F)cc(Cl)c1. The van der Waals surface area contributed by atoms with E-state index in [0.717, 1.165) is 5.56 Å². The van der Waals surface area contributed by atoms with Crippen LogP contribution in [-0.4, -0.2) is 24.9 Å². The third kappa shape index (κ3) is 3.55. The Hall–Kier alpha value is -3.65. The number of fused-ring (bicyclic) bond motifs is 2. The summed E-state index contributed by atoms with van der Waals surface area (Å²) in [6.45, 7) is 1.91. The minimum Gasteiger partial charge on any atom is -0.362 e. The third-order valence-corrected chi connectivity index (χ3v) is 5.22. The first-order chi connectivity index (χ1) is 15.0. The summed E-state index contributed by atoms with van der Waals surface area (Å²) in [5, 5.41) is 4.18. The van der Waals surface area contributed by atoms with E-state index in [1.54, 1.807) is 18.2 Å². The molecule has 1 atom stereocenters. The number of rotatable bonds is 4. The number of benzene rings is 2. The zero-order chi connectivity index (χ0) is 21.5. The molecule has 2 N–H and O–H groups in total. The van der Waals surface area contributed by atoms with Crippen LogP contribution in [0, 0.1) is 11.6 Å². The Morgan fingerprint density at radius 1 is 1.06 bits per heavy atom. The second-order valence-corrected chi connectivity index (χ2v) is 7.52. The van der Waals surface area contributed by atoms with Crippen LogP contribution in [-0.2, 0) is 0 Å². The summed E-state index contributed by atoms with van der Waals surface area (Å²) < 4.78 is 28.5. The summed E-state index contributed by atoms with van der Waals surface area (Å²) in [6, 6.07) is 10.4. The highest BCUT2D eigenvalue weighted by Gasteiger charge is 2.19. The first-order valence-corrected chi connectivity index (χ1v) is 9.83. The highest BCUT2D eigenvalue weighted by atomic mass is 35.5. The van der Waals surface area contributed by atoms with Crippen molar-refractivity contribution in [3.8, 4) is 11.3 Å². The van der Waals surface area contributed by atoms with Crippen LogP contribution in [0.5, 0.6) is 0 Å². The van der Waals surface area contributed by atoms with Crippen LogP contribution in [0.25, 0.3) is 33.3 Å². The van der Waals surface area contributed by atoms with Gasteiger partial charge in [-0.05, 0) is 37.3 Å². The molecule has 3 heterocycles. The van der Waals surface area contributed by atoms with Gasteiger partial charge in [-0.15, -0.1) is 0 Å². The number of H-pyrrole nitrogens is 1. The van der Waals surface area contributed by atoms with Gasteiger partial charge in [0.05, 0.1) is 18.1 Å². The zero-order valence-electron chi connectivity index (χ0n) is 16.2. The van der Waals surface area contributed by atoms with E-state index in [9.17, 15) is 8.78 Å². The maximum atomic E-state index is 14.5. The summed E-state index contributed by atoms with van der Waals surface area (Å²) >= 11 is 6.08. The number of nitrogens with zero attached hydrogens (tertiary/aromatic N) is 4. The lowest BCUT2D eigenvalue weighted by molar-refractivity contribution is 0.628. The van der Waals surface area contributed by atoms with Crippen molar-refractivity contribution in [3.05, 3.63) is 77.3 Å². The quantitative estimate of drug-likeness (QED) is 0.379. The average Bonchev–Trinajstić information content (AvgIpc) is 3.22. The Balaban J connectivity index is 1.68. The Morgan fingerprint density at radius 2 is 1.94 bits per heavy atom. The van der Waals surface area contributed by atoms with Crippen LogP contribution >= 0.6 is 11.6 Å². The van der Waals surface area contributed by atoms with Crippen molar-refractivity contribution in [2.24, 2.45) is 0 Å². The largest absolute Gasteiger partial charge is 0.362 e. The normalized spacial score (nSPS) is 12.4. The standard InChI is InChI=1S/C22H15ClF2N6/c1-11(30-22-20-21(27-9-26-20)28-10-29-22)16-7-12-3-2-4-17(25)19(12)31-18(16)13-5-14(23)8-15(24)6-13/h2-11H,1H3,(H2,26,27,28,29,30). The van der Waals surface area contributed by atoms with Crippen LogP contribution in [0.15, 0.2) is 55.1 Å². The molecule has 0 saturated carbocycles. The second-order valence-electron chi connectivity index (χ2n) is 7.09. The fraction of sp³-hybridized carbons (Fsp3) is 0.0909. The number of imidazole rings is 1. The minimum absolute atomic E-state index is 0.201. The molecule has 0 radical (unpaired) electrons. The molecular formula is C22H15ClF2N6. The summed E-state index contributed by atoms with van der Waals surface area (Å²) in [7, 11) is 0. The summed E-state index contributed by atoms with van der Waals surface area (Å²) in [4.78, 5) is 20.1. The summed E-state index contributed by atoms with van der Waals surface area (Å²) in [5.74, 6) is -0.402. The topological polar surface area (TPSA) is 79.4 Å². The number of pyridine rings is 1. The van der Waals surface area contributed by atoms with E-state index in [1.165, 1.54) is 30.9 Å². The number of hydrogen-bond acceptors (Lipinski definition) is 5. The van der Waals surface area contributed by atoms with Crippen molar-refractivity contribution < 1.29 is 8.78 Å². The molecule has 0 aliphatic rings. The smallest absolute Gasteiger partial charge is 0.182 e. The predicted octanol–water partition coefficient (Wildman–Crippen LogP) is 5.67. The molecule has 5 rings (SSSR count). The lowest BCUT2D eigenvalue weighted by Gasteiger charge is -2.19. The number of hydrogen-bond donors (Lipinski definition) is 2. The van der Waals surface area contributed by atoms with Crippen LogP contribution in [0.4, 0.5) is 14.6 Å². The highest BCUT2D eigenvalue weighted by molar-refractivity contribution is 6.30. The molecule has 0 amide bonds. The van der Waals surface area contributed by atoms with E-state index in [4.69, 9.17) is 11.6 Å². The van der Waals surface area contributed by atoms with Gasteiger partial charge in [-0.1, -0.05) is 23.7 Å². The van der Waals surface area contributed by atoms with E-state index >= 15 is 0 Å². The van der Waals surface area contributed by atoms with Gasteiger partial charge in [-0.25, -0.2) is 28.7 Å². The molecule has 0 fully saturated rings. The van der Waals surface area contributed by atoms with Gasteiger partial charge in [0.2, 0.25) is 0 Å². The van der Waals surface area contributed by atoms with Gasteiger partial charge in [-0.3, -0.25) is 0 Å². The molecule has 154 valence electrons. The predicted molar refractivity (Wildman–Crippen MR) is 116 cm³/mol. The molecule has 0 aliphatic carbocycles. The number of para-hydroxylation sites is 1. The number of halogens is 3. The molecule has 0 spiro atoms. The lowest BCUT2D eigenvalue weighted by Crippen LogP contribution is -2.11. The van der Waals surface area contributed by atoms with Gasteiger partial charge in [0.15, 0.2) is 11.5 Å². The van der Waals surface area contributed by atoms with Crippen LogP contribution in [0.3, 0.4) is 0 Å². The molecule has 3 aromatic heterocycles. The van der Waals surface area contributed by atoms with Crippen molar-refractivity contribution in [2.75, 3.05) is 5.32 Å². The molecule has 1 unspecified atom stereocenters. The van der Waals surface area contributed by atoms with Crippen LogP contribution < -0.4 is 5.32 Å². The third-order valence-electron chi connectivity index (χ3n) is 5.00. The Labute approximate surface area is 180 Å². The monoisotopic (exact) mass is 436 g/mol. The Morgan fingerprint density at radius 3 is 2.77 bits per heavy atom. The number of aromatic nitrogens is 5. The zero-order valence-corrected chi connectivity index (χ0v) is 17.0. The molecule has 0 aliphatic heterocycles.